The van der Waals surface area contributed by atoms with Gasteiger partial charge < -0.3 is 9.47 Å². The third kappa shape index (κ3) is 2.13. The smallest absolute Gasteiger partial charge is 0.137 e. The van der Waals surface area contributed by atoms with Crippen molar-refractivity contribution >= 4 is 11.6 Å². The summed E-state index contributed by atoms with van der Waals surface area (Å²) >= 11 is 5.83. The van der Waals surface area contributed by atoms with Crippen LogP contribution in [0.25, 0.3) is 0 Å². The van der Waals surface area contributed by atoms with Crippen LogP contribution in [0.2, 0.25) is 5.02 Å². The van der Waals surface area contributed by atoms with Gasteiger partial charge in [-0.25, -0.2) is 0 Å². The van der Waals surface area contributed by atoms with Crippen molar-refractivity contribution in [2.24, 2.45) is 0 Å². The van der Waals surface area contributed by atoms with Gasteiger partial charge in [-0.05, 0) is 17.7 Å². The minimum atomic E-state index is 0.577. The molecule has 0 saturated carbocycles. The fraction of sp³-hybridized carbons (Fsp3) is 0.333. The van der Waals surface area contributed by atoms with Gasteiger partial charge in [0.1, 0.15) is 5.75 Å². The summed E-state index contributed by atoms with van der Waals surface area (Å²) in [5.74, 6) is 0.686. The predicted octanol–water partition coefficient (Wildman–Crippen LogP) is 2.50. The van der Waals surface area contributed by atoms with E-state index in [2.05, 4.69) is 0 Å². The summed E-state index contributed by atoms with van der Waals surface area (Å²) in [4.78, 5) is 0. The highest BCUT2D eigenvalue weighted by molar-refractivity contribution is 6.32. The highest BCUT2D eigenvalue weighted by atomic mass is 35.5. The SMILES string of the molecule is COCc1ccc(Cl)c(OC)c1. The lowest BCUT2D eigenvalue weighted by Gasteiger charge is -2.05. The molecule has 0 fully saturated rings. The largest absolute Gasteiger partial charge is 0.495 e. The summed E-state index contributed by atoms with van der Waals surface area (Å²) in [5, 5.41) is 0.623. The molecule has 0 bridgehead atoms. The molecule has 0 radical (unpaired) electrons. The highest BCUT2D eigenvalue weighted by Gasteiger charge is 2.00. The van der Waals surface area contributed by atoms with Gasteiger partial charge in [0.25, 0.3) is 0 Å². The van der Waals surface area contributed by atoms with Crippen molar-refractivity contribution in [2.75, 3.05) is 14.2 Å². The zero-order valence-electron chi connectivity index (χ0n) is 7.13. The molecule has 2 nitrogen and oxygen atoms in total. The molecular formula is C9H11ClO2. The number of ether oxygens (including phenoxy) is 2. The van der Waals surface area contributed by atoms with Gasteiger partial charge in [-0.2, -0.15) is 0 Å². The van der Waals surface area contributed by atoms with Gasteiger partial charge >= 0.3 is 0 Å². The Morgan fingerprint density at radius 1 is 1.33 bits per heavy atom. The van der Waals surface area contributed by atoms with Gasteiger partial charge in [-0.15, -0.1) is 0 Å². The van der Waals surface area contributed by atoms with Gasteiger partial charge in [-0.1, -0.05) is 17.7 Å². The van der Waals surface area contributed by atoms with Crippen LogP contribution in [0.3, 0.4) is 0 Å². The molecule has 0 unspecified atom stereocenters. The van der Waals surface area contributed by atoms with Crippen molar-refractivity contribution in [3.05, 3.63) is 28.8 Å². The van der Waals surface area contributed by atoms with Crippen LogP contribution in [0.4, 0.5) is 0 Å². The third-order valence-corrected chi connectivity index (χ3v) is 1.84. The first-order valence-electron chi connectivity index (χ1n) is 3.59. The Kier molecular flexibility index (Phi) is 3.38. The summed E-state index contributed by atoms with van der Waals surface area (Å²) in [6.07, 6.45) is 0. The first-order chi connectivity index (χ1) is 5.77. The molecule has 0 atom stereocenters. The minimum Gasteiger partial charge on any atom is -0.495 e. The van der Waals surface area contributed by atoms with Crippen molar-refractivity contribution in [2.45, 2.75) is 6.61 Å². The lowest BCUT2D eigenvalue weighted by molar-refractivity contribution is 0.184. The average molecular weight is 187 g/mol. The Bertz CT molecular complexity index is 261. The van der Waals surface area contributed by atoms with E-state index >= 15 is 0 Å². The second kappa shape index (κ2) is 4.33. The van der Waals surface area contributed by atoms with E-state index in [1.165, 1.54) is 0 Å². The van der Waals surface area contributed by atoms with E-state index in [1.807, 2.05) is 12.1 Å². The Morgan fingerprint density at radius 2 is 2.08 bits per heavy atom. The summed E-state index contributed by atoms with van der Waals surface area (Å²) in [6.45, 7) is 0.577. The Morgan fingerprint density at radius 3 is 2.67 bits per heavy atom. The molecule has 0 spiro atoms. The maximum atomic E-state index is 5.83. The number of halogens is 1. The van der Waals surface area contributed by atoms with Crippen LogP contribution in [0.1, 0.15) is 5.56 Å². The Hall–Kier alpha value is -0.730. The molecule has 66 valence electrons. The molecule has 0 N–H and O–H groups in total. The highest BCUT2D eigenvalue weighted by Crippen LogP contribution is 2.25. The summed E-state index contributed by atoms with van der Waals surface area (Å²) < 4.78 is 10.0. The van der Waals surface area contributed by atoms with Crippen molar-refractivity contribution in [1.29, 1.82) is 0 Å². The van der Waals surface area contributed by atoms with Gasteiger partial charge in [-0.3, -0.25) is 0 Å². The molecular weight excluding hydrogens is 176 g/mol. The molecule has 1 aromatic rings. The van der Waals surface area contributed by atoms with Crippen LogP contribution in [0.15, 0.2) is 18.2 Å². The summed E-state index contributed by atoms with van der Waals surface area (Å²) in [7, 11) is 3.25. The summed E-state index contributed by atoms with van der Waals surface area (Å²) in [5.41, 5.74) is 1.05. The van der Waals surface area contributed by atoms with Crippen molar-refractivity contribution in [3.63, 3.8) is 0 Å². The van der Waals surface area contributed by atoms with Crippen molar-refractivity contribution in [1.82, 2.24) is 0 Å². The first-order valence-corrected chi connectivity index (χ1v) is 3.97. The molecule has 0 heterocycles. The second-order valence-electron chi connectivity index (χ2n) is 2.40. The molecule has 0 amide bonds. The quantitative estimate of drug-likeness (QED) is 0.722. The number of benzene rings is 1. The maximum absolute atomic E-state index is 5.83. The van der Waals surface area contributed by atoms with Crippen LogP contribution >= 0.6 is 11.6 Å². The number of hydrogen-bond acceptors (Lipinski definition) is 2. The van der Waals surface area contributed by atoms with Gasteiger partial charge in [0.15, 0.2) is 0 Å². The van der Waals surface area contributed by atoms with Gasteiger partial charge in [0, 0.05) is 7.11 Å². The third-order valence-electron chi connectivity index (χ3n) is 1.53. The fourth-order valence-electron chi connectivity index (χ4n) is 0.961. The van der Waals surface area contributed by atoms with E-state index in [0.717, 1.165) is 5.56 Å². The molecule has 0 aliphatic heterocycles. The van der Waals surface area contributed by atoms with Crippen molar-refractivity contribution < 1.29 is 9.47 Å². The summed E-state index contributed by atoms with van der Waals surface area (Å²) in [6, 6.07) is 5.58. The molecule has 0 aliphatic rings. The minimum absolute atomic E-state index is 0.577. The van der Waals surface area contributed by atoms with Gasteiger partial charge in [0.05, 0.1) is 18.7 Å². The molecule has 1 rings (SSSR count). The predicted molar refractivity (Wildman–Crippen MR) is 48.7 cm³/mol. The topological polar surface area (TPSA) is 18.5 Å². The second-order valence-corrected chi connectivity index (χ2v) is 2.81. The fourth-order valence-corrected chi connectivity index (χ4v) is 1.16. The lowest BCUT2D eigenvalue weighted by Crippen LogP contribution is -1.90. The molecule has 0 aliphatic carbocycles. The van der Waals surface area contributed by atoms with Crippen LogP contribution in [0, 0.1) is 0 Å². The number of rotatable bonds is 3. The zero-order valence-corrected chi connectivity index (χ0v) is 7.89. The lowest BCUT2D eigenvalue weighted by atomic mass is 10.2. The van der Waals surface area contributed by atoms with E-state index in [-0.39, 0.29) is 0 Å². The first kappa shape index (κ1) is 9.36. The average Bonchev–Trinajstić information content (AvgIpc) is 2.09. The molecule has 12 heavy (non-hydrogen) atoms. The molecule has 0 saturated heterocycles. The molecule has 0 aromatic heterocycles. The number of hydrogen-bond donors (Lipinski definition) is 0. The van der Waals surface area contributed by atoms with Gasteiger partial charge in [0.2, 0.25) is 0 Å². The zero-order chi connectivity index (χ0) is 8.97. The van der Waals surface area contributed by atoms with Crippen LogP contribution < -0.4 is 4.74 Å². The monoisotopic (exact) mass is 186 g/mol. The maximum Gasteiger partial charge on any atom is 0.137 e. The van der Waals surface area contributed by atoms with Crippen LogP contribution in [0.5, 0.6) is 5.75 Å². The van der Waals surface area contributed by atoms with E-state index < -0.39 is 0 Å². The van der Waals surface area contributed by atoms with E-state index in [4.69, 9.17) is 21.1 Å². The van der Waals surface area contributed by atoms with E-state index in [1.54, 1.807) is 20.3 Å². The van der Waals surface area contributed by atoms with Crippen molar-refractivity contribution in [3.8, 4) is 5.75 Å². The normalized spacial score (nSPS) is 9.92. The number of methoxy groups -OCH3 is 2. The standard InChI is InChI=1S/C9H11ClO2/c1-11-6-7-3-4-8(10)9(5-7)12-2/h3-5H,6H2,1-2H3. The Balaban J connectivity index is 2.89. The Labute approximate surface area is 77.1 Å². The van der Waals surface area contributed by atoms with Crippen LogP contribution in [-0.2, 0) is 11.3 Å². The molecule has 3 heteroatoms. The van der Waals surface area contributed by atoms with Crippen LogP contribution in [-0.4, -0.2) is 14.2 Å². The van der Waals surface area contributed by atoms with E-state index in [0.29, 0.717) is 17.4 Å². The molecule has 1 aromatic carbocycles. The van der Waals surface area contributed by atoms with E-state index in [9.17, 15) is 0 Å².